The van der Waals surface area contributed by atoms with Gasteiger partial charge in [0.2, 0.25) is 0 Å². The number of carbonyl (C=O) groups is 1. The van der Waals surface area contributed by atoms with Crippen LogP contribution in [0.2, 0.25) is 0 Å². The van der Waals surface area contributed by atoms with Crippen molar-refractivity contribution in [2.24, 2.45) is 0 Å². The quantitative estimate of drug-likeness (QED) is 0.813. The van der Waals surface area contributed by atoms with E-state index in [4.69, 9.17) is 11.6 Å². The molecule has 1 saturated heterocycles. The molecule has 19 heavy (non-hydrogen) atoms. The summed E-state index contributed by atoms with van der Waals surface area (Å²) < 4.78 is 22.7. The number of rotatable bonds is 2. The zero-order valence-corrected chi connectivity index (χ0v) is 12.0. The normalized spacial score (nSPS) is 24.9. The van der Waals surface area contributed by atoms with Gasteiger partial charge in [0.05, 0.1) is 22.9 Å². The fourth-order valence-corrected chi connectivity index (χ4v) is 4.46. The van der Waals surface area contributed by atoms with Gasteiger partial charge in [0.1, 0.15) is 0 Å². The van der Waals surface area contributed by atoms with E-state index in [0.29, 0.717) is 5.69 Å². The van der Waals surface area contributed by atoms with Crippen LogP contribution in [0.4, 0.5) is 10.5 Å². The van der Waals surface area contributed by atoms with Gasteiger partial charge >= 0.3 is 6.03 Å². The van der Waals surface area contributed by atoms with Crippen molar-refractivity contribution in [3.63, 3.8) is 0 Å². The summed E-state index contributed by atoms with van der Waals surface area (Å²) in [5.41, 5.74) is 1.74. The predicted octanol–water partition coefficient (Wildman–Crippen LogP) is 1.52. The second-order valence-electron chi connectivity index (χ2n) is 4.66. The number of amides is 2. The molecule has 5 nitrogen and oxygen atoms in total. The van der Waals surface area contributed by atoms with Crippen LogP contribution < -0.4 is 10.6 Å². The summed E-state index contributed by atoms with van der Waals surface area (Å²) >= 11 is 5.91. The van der Waals surface area contributed by atoms with Crippen molar-refractivity contribution in [2.45, 2.75) is 18.3 Å². The number of nitrogens with one attached hydrogen (secondary N) is 2. The molecule has 0 unspecified atom stereocenters. The topological polar surface area (TPSA) is 75.3 Å². The number of benzene rings is 1. The van der Waals surface area contributed by atoms with Crippen molar-refractivity contribution in [3.05, 3.63) is 29.8 Å². The molecule has 0 aliphatic carbocycles. The van der Waals surface area contributed by atoms with Crippen LogP contribution in [0.25, 0.3) is 0 Å². The highest BCUT2D eigenvalue weighted by Gasteiger charge is 2.37. The molecule has 1 fully saturated rings. The number of hydrogen-bond acceptors (Lipinski definition) is 3. The van der Waals surface area contributed by atoms with E-state index in [2.05, 4.69) is 10.6 Å². The highest BCUT2D eigenvalue weighted by Crippen LogP contribution is 2.18. The van der Waals surface area contributed by atoms with Crippen molar-refractivity contribution in [2.75, 3.05) is 16.8 Å². The van der Waals surface area contributed by atoms with E-state index in [1.165, 1.54) is 0 Å². The van der Waals surface area contributed by atoms with Gasteiger partial charge in [-0.3, -0.25) is 0 Å². The second kappa shape index (κ2) is 5.38. The monoisotopic (exact) mass is 302 g/mol. The maximum absolute atomic E-state index is 11.7. The number of aryl methyl sites for hydroxylation is 1. The summed E-state index contributed by atoms with van der Waals surface area (Å²) in [5.74, 6) is -0.202. The van der Waals surface area contributed by atoms with Gasteiger partial charge in [0.15, 0.2) is 9.84 Å². The van der Waals surface area contributed by atoms with Crippen molar-refractivity contribution in [3.8, 4) is 0 Å². The lowest BCUT2D eigenvalue weighted by Crippen LogP contribution is -2.42. The van der Waals surface area contributed by atoms with Crippen LogP contribution in [-0.4, -0.2) is 37.4 Å². The molecule has 1 aliphatic rings. The van der Waals surface area contributed by atoms with Crippen LogP contribution in [0.15, 0.2) is 24.3 Å². The second-order valence-corrected chi connectivity index (χ2v) is 7.38. The van der Waals surface area contributed by atoms with E-state index in [1.807, 2.05) is 19.1 Å². The molecule has 0 bridgehead atoms. The predicted molar refractivity (Wildman–Crippen MR) is 75.4 cm³/mol. The summed E-state index contributed by atoms with van der Waals surface area (Å²) in [6, 6.07) is 6.31. The minimum absolute atomic E-state index is 0.0932. The smallest absolute Gasteiger partial charge is 0.319 e. The number of urea groups is 1. The van der Waals surface area contributed by atoms with Crippen LogP contribution in [-0.2, 0) is 9.84 Å². The van der Waals surface area contributed by atoms with Gasteiger partial charge in [0.25, 0.3) is 0 Å². The lowest BCUT2D eigenvalue weighted by Gasteiger charge is -2.15. The Hall–Kier alpha value is -1.27. The summed E-state index contributed by atoms with van der Waals surface area (Å²) in [4.78, 5) is 11.7. The molecule has 104 valence electrons. The average molecular weight is 303 g/mol. The third-order valence-electron chi connectivity index (χ3n) is 2.91. The molecule has 2 amide bonds. The molecule has 2 rings (SSSR count). The Morgan fingerprint density at radius 2 is 1.89 bits per heavy atom. The van der Waals surface area contributed by atoms with E-state index in [-0.39, 0.29) is 11.5 Å². The molecule has 1 aromatic carbocycles. The third kappa shape index (κ3) is 3.84. The first-order valence-corrected chi connectivity index (χ1v) is 8.10. The molecule has 2 N–H and O–H groups in total. The van der Waals surface area contributed by atoms with Crippen LogP contribution in [0.3, 0.4) is 0 Å². The molecule has 1 aromatic rings. The van der Waals surface area contributed by atoms with Crippen molar-refractivity contribution < 1.29 is 13.2 Å². The summed E-state index contributed by atoms with van der Waals surface area (Å²) in [5, 5.41) is 4.65. The lowest BCUT2D eigenvalue weighted by atomic mass is 10.2. The number of alkyl halides is 1. The van der Waals surface area contributed by atoms with Gasteiger partial charge in [0, 0.05) is 5.69 Å². The molecule has 2 atom stereocenters. The third-order valence-corrected chi connectivity index (χ3v) is 5.28. The molecule has 0 saturated carbocycles. The van der Waals surface area contributed by atoms with Crippen LogP contribution >= 0.6 is 11.6 Å². The Morgan fingerprint density at radius 3 is 2.42 bits per heavy atom. The first kappa shape index (κ1) is 14.1. The number of halogens is 1. The van der Waals surface area contributed by atoms with Crippen LogP contribution in [0, 0.1) is 6.92 Å². The van der Waals surface area contributed by atoms with E-state index < -0.39 is 27.3 Å². The fourth-order valence-electron chi connectivity index (χ4n) is 1.91. The van der Waals surface area contributed by atoms with E-state index >= 15 is 0 Å². The number of carbonyl (C=O) groups excluding carboxylic acids is 1. The SMILES string of the molecule is Cc1ccc(NC(=O)N[C@H]2CS(=O)(=O)C[C@@H]2Cl)cc1. The van der Waals surface area contributed by atoms with Crippen molar-refractivity contribution in [1.82, 2.24) is 5.32 Å². The molecular formula is C12H15ClN2O3S. The maximum Gasteiger partial charge on any atom is 0.319 e. The number of anilines is 1. The molecule has 1 aliphatic heterocycles. The van der Waals surface area contributed by atoms with Gasteiger partial charge in [-0.05, 0) is 19.1 Å². The van der Waals surface area contributed by atoms with Crippen molar-refractivity contribution >= 4 is 33.2 Å². The van der Waals surface area contributed by atoms with E-state index in [0.717, 1.165) is 5.56 Å². The molecule has 0 aromatic heterocycles. The van der Waals surface area contributed by atoms with Gasteiger partial charge in [-0.25, -0.2) is 13.2 Å². The van der Waals surface area contributed by atoms with Crippen LogP contribution in [0.1, 0.15) is 5.56 Å². The summed E-state index contributed by atoms with van der Waals surface area (Å²) in [6.45, 7) is 1.95. The Morgan fingerprint density at radius 1 is 1.26 bits per heavy atom. The first-order chi connectivity index (χ1) is 8.85. The van der Waals surface area contributed by atoms with Gasteiger partial charge in [-0.1, -0.05) is 17.7 Å². The summed E-state index contributed by atoms with van der Waals surface area (Å²) in [6.07, 6.45) is 0. The minimum Gasteiger partial charge on any atom is -0.333 e. The standard InChI is InChI=1S/C12H15ClN2O3S/c1-8-2-4-9(5-3-8)14-12(16)15-11-7-19(17,18)6-10(11)13/h2-5,10-11H,6-7H2,1H3,(H2,14,15,16)/t10-,11-/m0/s1. The highest BCUT2D eigenvalue weighted by atomic mass is 35.5. The van der Waals surface area contributed by atoms with Gasteiger partial charge < -0.3 is 10.6 Å². The van der Waals surface area contributed by atoms with E-state index in [1.54, 1.807) is 12.1 Å². The van der Waals surface area contributed by atoms with Gasteiger partial charge in [-0.2, -0.15) is 0 Å². The Bertz CT molecular complexity index is 571. The number of sulfone groups is 1. The Balaban J connectivity index is 1.93. The first-order valence-electron chi connectivity index (χ1n) is 5.84. The molecular weight excluding hydrogens is 288 g/mol. The zero-order chi connectivity index (χ0) is 14.0. The van der Waals surface area contributed by atoms with Gasteiger partial charge in [-0.15, -0.1) is 11.6 Å². The molecule has 0 radical (unpaired) electrons. The lowest BCUT2D eigenvalue weighted by molar-refractivity contribution is 0.249. The fraction of sp³-hybridized carbons (Fsp3) is 0.417. The minimum atomic E-state index is -3.14. The largest absolute Gasteiger partial charge is 0.333 e. The summed E-state index contributed by atoms with van der Waals surface area (Å²) in [7, 11) is -3.14. The molecule has 0 spiro atoms. The van der Waals surface area contributed by atoms with Crippen LogP contribution in [0.5, 0.6) is 0 Å². The Kier molecular flexibility index (Phi) is 4.01. The number of hydrogen-bond donors (Lipinski definition) is 2. The molecule has 1 heterocycles. The maximum atomic E-state index is 11.7. The van der Waals surface area contributed by atoms with Crippen molar-refractivity contribution in [1.29, 1.82) is 0 Å². The molecule has 7 heteroatoms. The highest BCUT2D eigenvalue weighted by molar-refractivity contribution is 7.91. The average Bonchev–Trinajstić information content (AvgIpc) is 2.55. The zero-order valence-electron chi connectivity index (χ0n) is 10.4. The van der Waals surface area contributed by atoms with E-state index in [9.17, 15) is 13.2 Å². The Labute approximate surface area is 117 Å².